The average Bonchev–Trinajstić information content (AvgIpc) is 2.68. The summed E-state index contributed by atoms with van der Waals surface area (Å²) in [5.74, 6) is -1.67. The minimum atomic E-state index is -0.843. The number of nitrogens with zero attached hydrogens (tertiary/aromatic N) is 2. The van der Waals surface area contributed by atoms with Gasteiger partial charge in [0.1, 0.15) is 5.01 Å². The van der Waals surface area contributed by atoms with Crippen molar-refractivity contribution in [3.63, 3.8) is 0 Å². The number of halogens is 2. The predicted octanol–water partition coefficient (Wildman–Crippen LogP) is 3.30. The maximum atomic E-state index is 13.5. The van der Waals surface area contributed by atoms with E-state index in [1.807, 2.05) is 6.92 Å². The fraction of sp³-hybridized carbons (Fsp3) is 0.273. The Labute approximate surface area is 102 Å². The first-order chi connectivity index (χ1) is 8.08. The van der Waals surface area contributed by atoms with Gasteiger partial charge in [0.05, 0.1) is 6.04 Å². The van der Waals surface area contributed by atoms with Gasteiger partial charge >= 0.3 is 0 Å². The van der Waals surface area contributed by atoms with Crippen molar-refractivity contribution in [3.05, 3.63) is 40.4 Å². The molecule has 0 amide bonds. The minimum absolute atomic E-state index is 0.276. The Kier molecular flexibility index (Phi) is 3.33. The Hall–Kier alpha value is -1.56. The molecule has 0 fully saturated rings. The zero-order chi connectivity index (χ0) is 12.4. The molecule has 1 heterocycles. The molecule has 6 heteroatoms. The van der Waals surface area contributed by atoms with Crippen molar-refractivity contribution in [2.75, 3.05) is 5.32 Å². The summed E-state index contributed by atoms with van der Waals surface area (Å²) in [5, 5.41) is 12.1. The molecule has 2 rings (SSSR count). The second-order valence-corrected chi connectivity index (χ2v) is 4.82. The van der Waals surface area contributed by atoms with Crippen LogP contribution in [0.2, 0.25) is 0 Å². The van der Waals surface area contributed by atoms with Crippen LogP contribution >= 0.6 is 11.3 Å². The van der Waals surface area contributed by atoms with Crippen LogP contribution in [0.4, 0.5) is 13.9 Å². The number of nitrogens with one attached hydrogen (secondary N) is 1. The van der Waals surface area contributed by atoms with Gasteiger partial charge in [0.2, 0.25) is 5.13 Å². The van der Waals surface area contributed by atoms with E-state index in [1.54, 1.807) is 13.0 Å². The monoisotopic (exact) mass is 255 g/mol. The van der Waals surface area contributed by atoms with Crippen LogP contribution in [-0.4, -0.2) is 10.2 Å². The van der Waals surface area contributed by atoms with E-state index >= 15 is 0 Å². The number of benzene rings is 1. The highest BCUT2D eigenvalue weighted by atomic mass is 32.1. The van der Waals surface area contributed by atoms with Gasteiger partial charge in [0.15, 0.2) is 11.6 Å². The van der Waals surface area contributed by atoms with Gasteiger partial charge in [-0.2, -0.15) is 0 Å². The second-order valence-electron chi connectivity index (χ2n) is 3.64. The van der Waals surface area contributed by atoms with E-state index in [0.29, 0.717) is 5.13 Å². The Morgan fingerprint density at radius 1 is 1.29 bits per heavy atom. The maximum absolute atomic E-state index is 13.5. The van der Waals surface area contributed by atoms with E-state index in [1.165, 1.54) is 17.4 Å². The number of hydrogen-bond acceptors (Lipinski definition) is 4. The van der Waals surface area contributed by atoms with Crippen molar-refractivity contribution in [2.24, 2.45) is 0 Å². The van der Waals surface area contributed by atoms with Crippen molar-refractivity contribution in [3.8, 4) is 0 Å². The topological polar surface area (TPSA) is 37.8 Å². The largest absolute Gasteiger partial charge is 0.353 e. The van der Waals surface area contributed by atoms with Crippen LogP contribution in [0.5, 0.6) is 0 Å². The molecule has 0 bridgehead atoms. The number of aryl methyl sites for hydroxylation is 1. The molecule has 0 aliphatic rings. The van der Waals surface area contributed by atoms with Crippen LogP contribution in [-0.2, 0) is 0 Å². The van der Waals surface area contributed by atoms with Crippen LogP contribution < -0.4 is 5.32 Å². The highest BCUT2D eigenvalue weighted by Gasteiger charge is 2.15. The summed E-state index contributed by atoms with van der Waals surface area (Å²) in [6, 6.07) is 3.76. The van der Waals surface area contributed by atoms with Gasteiger partial charge in [0, 0.05) is 5.56 Å². The van der Waals surface area contributed by atoms with Gasteiger partial charge in [-0.1, -0.05) is 23.5 Å². The molecular formula is C11H11F2N3S. The second kappa shape index (κ2) is 4.75. The lowest BCUT2D eigenvalue weighted by Crippen LogP contribution is -2.09. The summed E-state index contributed by atoms with van der Waals surface area (Å²) in [6.45, 7) is 3.57. The smallest absolute Gasteiger partial charge is 0.206 e. The summed E-state index contributed by atoms with van der Waals surface area (Å²) in [7, 11) is 0. The first kappa shape index (κ1) is 11.9. The predicted molar refractivity (Wildman–Crippen MR) is 63.0 cm³/mol. The first-order valence-corrected chi connectivity index (χ1v) is 5.90. The van der Waals surface area contributed by atoms with E-state index in [4.69, 9.17) is 0 Å². The summed E-state index contributed by atoms with van der Waals surface area (Å²) in [4.78, 5) is 0. The summed E-state index contributed by atoms with van der Waals surface area (Å²) in [5.41, 5.74) is 0.276. The number of anilines is 1. The first-order valence-electron chi connectivity index (χ1n) is 5.08. The summed E-state index contributed by atoms with van der Waals surface area (Å²) in [6.07, 6.45) is 0. The van der Waals surface area contributed by atoms with Gasteiger partial charge in [-0.05, 0) is 19.9 Å². The SMILES string of the molecule is Cc1nnc(NC(C)c2cccc(F)c2F)s1. The van der Waals surface area contributed by atoms with E-state index in [9.17, 15) is 8.78 Å². The van der Waals surface area contributed by atoms with Crippen LogP contribution in [0.15, 0.2) is 18.2 Å². The van der Waals surface area contributed by atoms with E-state index in [0.717, 1.165) is 11.1 Å². The lowest BCUT2D eigenvalue weighted by molar-refractivity contribution is 0.494. The quantitative estimate of drug-likeness (QED) is 0.914. The molecule has 90 valence electrons. The van der Waals surface area contributed by atoms with E-state index in [-0.39, 0.29) is 11.6 Å². The lowest BCUT2D eigenvalue weighted by atomic mass is 10.1. The zero-order valence-corrected chi connectivity index (χ0v) is 10.2. The van der Waals surface area contributed by atoms with Gasteiger partial charge in [0.25, 0.3) is 0 Å². The average molecular weight is 255 g/mol. The molecule has 0 radical (unpaired) electrons. The number of rotatable bonds is 3. The molecule has 2 aromatic rings. The third kappa shape index (κ3) is 2.58. The Morgan fingerprint density at radius 3 is 2.71 bits per heavy atom. The molecule has 0 aliphatic carbocycles. The highest BCUT2D eigenvalue weighted by Crippen LogP contribution is 2.24. The molecule has 3 nitrogen and oxygen atoms in total. The molecule has 0 aliphatic heterocycles. The van der Waals surface area contributed by atoms with Crippen molar-refractivity contribution in [2.45, 2.75) is 19.9 Å². The molecular weight excluding hydrogens is 244 g/mol. The highest BCUT2D eigenvalue weighted by molar-refractivity contribution is 7.15. The summed E-state index contributed by atoms with van der Waals surface area (Å²) >= 11 is 1.37. The molecule has 0 saturated carbocycles. The molecule has 1 aromatic heterocycles. The van der Waals surface area contributed by atoms with Crippen molar-refractivity contribution in [1.82, 2.24) is 10.2 Å². The maximum Gasteiger partial charge on any atom is 0.206 e. The molecule has 1 atom stereocenters. The molecule has 0 saturated heterocycles. The molecule has 17 heavy (non-hydrogen) atoms. The van der Waals surface area contributed by atoms with Crippen LogP contribution in [0.1, 0.15) is 23.5 Å². The van der Waals surface area contributed by atoms with Gasteiger partial charge in [-0.15, -0.1) is 10.2 Å². The Balaban J connectivity index is 2.20. The van der Waals surface area contributed by atoms with Gasteiger partial charge in [-0.25, -0.2) is 8.78 Å². The van der Waals surface area contributed by atoms with Crippen molar-refractivity contribution < 1.29 is 8.78 Å². The van der Waals surface area contributed by atoms with Crippen molar-refractivity contribution in [1.29, 1.82) is 0 Å². The Morgan fingerprint density at radius 2 is 2.06 bits per heavy atom. The Bertz CT molecular complexity index is 527. The lowest BCUT2D eigenvalue weighted by Gasteiger charge is -2.13. The third-order valence-corrected chi connectivity index (χ3v) is 3.08. The molecule has 0 spiro atoms. The van der Waals surface area contributed by atoms with Crippen LogP contribution in [0.3, 0.4) is 0 Å². The van der Waals surface area contributed by atoms with E-state index in [2.05, 4.69) is 15.5 Å². The van der Waals surface area contributed by atoms with Crippen LogP contribution in [0, 0.1) is 18.6 Å². The molecule has 1 unspecified atom stereocenters. The normalized spacial score (nSPS) is 12.5. The third-order valence-electron chi connectivity index (χ3n) is 2.31. The van der Waals surface area contributed by atoms with Gasteiger partial charge in [-0.3, -0.25) is 0 Å². The van der Waals surface area contributed by atoms with Crippen LogP contribution in [0.25, 0.3) is 0 Å². The van der Waals surface area contributed by atoms with E-state index < -0.39 is 11.6 Å². The fourth-order valence-electron chi connectivity index (χ4n) is 1.47. The molecule has 1 N–H and O–H groups in total. The fourth-order valence-corrected chi connectivity index (χ4v) is 2.15. The number of hydrogen-bond donors (Lipinski definition) is 1. The van der Waals surface area contributed by atoms with Gasteiger partial charge < -0.3 is 5.32 Å². The molecule has 1 aromatic carbocycles. The number of aromatic nitrogens is 2. The zero-order valence-electron chi connectivity index (χ0n) is 9.37. The minimum Gasteiger partial charge on any atom is -0.353 e. The van der Waals surface area contributed by atoms with Crippen molar-refractivity contribution >= 4 is 16.5 Å². The standard InChI is InChI=1S/C11H11F2N3S/c1-6(14-11-16-15-7(2)17-11)8-4-3-5-9(12)10(8)13/h3-6H,1-2H3,(H,14,16). The summed E-state index contributed by atoms with van der Waals surface area (Å²) < 4.78 is 26.6.